The number of hydrogen-bond acceptors (Lipinski definition) is 4. The Morgan fingerprint density at radius 3 is 2.50 bits per heavy atom. The average molecular weight is 300 g/mol. The number of ether oxygens (including phenoxy) is 3. The van der Waals surface area contributed by atoms with Crippen molar-refractivity contribution >= 4 is 8.07 Å². The van der Waals surface area contributed by atoms with Gasteiger partial charge in [-0.05, 0) is 19.8 Å². The van der Waals surface area contributed by atoms with E-state index >= 15 is 0 Å². The highest BCUT2D eigenvalue weighted by Crippen LogP contribution is 2.42. The molecule has 0 amide bonds. The van der Waals surface area contributed by atoms with E-state index in [4.69, 9.17) is 14.2 Å². The van der Waals surface area contributed by atoms with E-state index in [-0.39, 0.29) is 29.6 Å². The van der Waals surface area contributed by atoms with Gasteiger partial charge in [-0.1, -0.05) is 19.6 Å². The van der Waals surface area contributed by atoms with Gasteiger partial charge in [0.15, 0.2) is 0 Å². The molecule has 3 fully saturated rings. The van der Waals surface area contributed by atoms with E-state index in [1.54, 1.807) is 0 Å². The summed E-state index contributed by atoms with van der Waals surface area (Å²) >= 11 is 0. The van der Waals surface area contributed by atoms with Crippen molar-refractivity contribution in [2.24, 2.45) is 0 Å². The normalized spacial score (nSPS) is 49.4. The SMILES string of the molecule is CC1([Si](C)(C)C)O[C@@H]2C[C@@H]3OCCC[C@H]3O[C@H]2C[C@H]1O. The lowest BCUT2D eigenvalue weighted by molar-refractivity contribution is -0.267. The second-order valence-corrected chi connectivity index (χ2v) is 13.3. The highest BCUT2D eigenvalue weighted by Gasteiger charge is 2.55. The van der Waals surface area contributed by atoms with Crippen LogP contribution in [0, 0.1) is 0 Å². The third kappa shape index (κ3) is 2.37. The smallest absolute Gasteiger partial charge is 0.0868 e. The van der Waals surface area contributed by atoms with Crippen molar-refractivity contribution in [1.82, 2.24) is 0 Å². The zero-order chi connectivity index (χ0) is 14.5. The Labute approximate surface area is 122 Å². The van der Waals surface area contributed by atoms with Gasteiger partial charge < -0.3 is 19.3 Å². The first-order valence-corrected chi connectivity index (χ1v) is 11.4. The van der Waals surface area contributed by atoms with Gasteiger partial charge in [0, 0.05) is 19.4 Å². The lowest BCUT2D eigenvalue weighted by atomic mass is 9.88. The third-order valence-electron chi connectivity index (χ3n) is 5.59. The number of fused-ring (bicyclic) bond motifs is 2. The summed E-state index contributed by atoms with van der Waals surface area (Å²) in [7, 11) is -1.63. The number of aliphatic hydroxyl groups is 1. The van der Waals surface area contributed by atoms with Gasteiger partial charge in [-0.2, -0.15) is 0 Å². The van der Waals surface area contributed by atoms with Crippen LogP contribution in [-0.4, -0.2) is 55.5 Å². The van der Waals surface area contributed by atoms with E-state index < -0.39 is 14.2 Å². The molecule has 3 aliphatic heterocycles. The van der Waals surface area contributed by atoms with E-state index in [0.29, 0.717) is 6.42 Å². The Balaban J connectivity index is 1.77. The fourth-order valence-corrected chi connectivity index (χ4v) is 5.35. The Morgan fingerprint density at radius 1 is 1.05 bits per heavy atom. The molecule has 0 aromatic carbocycles. The van der Waals surface area contributed by atoms with Crippen molar-refractivity contribution in [2.45, 2.75) is 88.0 Å². The molecule has 0 aliphatic carbocycles. The summed E-state index contributed by atoms with van der Waals surface area (Å²) in [6.07, 6.45) is 3.87. The van der Waals surface area contributed by atoms with E-state index in [9.17, 15) is 5.11 Å². The van der Waals surface area contributed by atoms with Crippen LogP contribution in [0.5, 0.6) is 0 Å². The quantitative estimate of drug-likeness (QED) is 0.754. The molecule has 0 aromatic rings. The lowest BCUT2D eigenvalue weighted by Crippen LogP contribution is -2.68. The minimum atomic E-state index is -1.63. The minimum Gasteiger partial charge on any atom is -0.390 e. The molecule has 5 heteroatoms. The van der Waals surface area contributed by atoms with Gasteiger partial charge in [0.05, 0.1) is 43.8 Å². The van der Waals surface area contributed by atoms with Crippen molar-refractivity contribution < 1.29 is 19.3 Å². The molecule has 3 rings (SSSR count). The fraction of sp³-hybridized carbons (Fsp3) is 1.00. The van der Waals surface area contributed by atoms with Crippen LogP contribution in [0.25, 0.3) is 0 Å². The second-order valence-electron chi connectivity index (χ2n) is 7.77. The molecular formula is C15H28O4Si. The van der Waals surface area contributed by atoms with Crippen LogP contribution in [0.3, 0.4) is 0 Å². The fourth-order valence-electron chi connectivity index (χ4n) is 3.73. The monoisotopic (exact) mass is 300 g/mol. The maximum atomic E-state index is 10.6. The first kappa shape index (κ1) is 15.0. The molecule has 20 heavy (non-hydrogen) atoms. The molecule has 3 saturated heterocycles. The molecule has 0 bridgehead atoms. The van der Waals surface area contributed by atoms with E-state index in [2.05, 4.69) is 26.6 Å². The van der Waals surface area contributed by atoms with Crippen LogP contribution >= 0.6 is 0 Å². The first-order chi connectivity index (χ1) is 9.31. The van der Waals surface area contributed by atoms with Crippen LogP contribution < -0.4 is 0 Å². The molecule has 0 aromatic heterocycles. The molecule has 0 saturated carbocycles. The molecule has 3 aliphatic rings. The molecule has 1 unspecified atom stereocenters. The van der Waals surface area contributed by atoms with Crippen LogP contribution in [0.4, 0.5) is 0 Å². The molecule has 0 radical (unpaired) electrons. The molecule has 6 atom stereocenters. The molecule has 4 nitrogen and oxygen atoms in total. The van der Waals surface area contributed by atoms with Crippen molar-refractivity contribution in [1.29, 1.82) is 0 Å². The van der Waals surface area contributed by atoms with Crippen LogP contribution in [0.2, 0.25) is 19.6 Å². The summed E-state index contributed by atoms with van der Waals surface area (Å²) in [5.74, 6) is 0. The lowest BCUT2D eigenvalue weighted by Gasteiger charge is -2.55. The molecule has 0 spiro atoms. The summed E-state index contributed by atoms with van der Waals surface area (Å²) in [4.78, 5) is 0. The number of rotatable bonds is 1. The molecule has 1 N–H and O–H groups in total. The van der Waals surface area contributed by atoms with Gasteiger partial charge in [0.2, 0.25) is 0 Å². The highest BCUT2D eigenvalue weighted by molar-refractivity contribution is 6.79. The summed E-state index contributed by atoms with van der Waals surface area (Å²) in [6.45, 7) is 9.73. The first-order valence-electron chi connectivity index (χ1n) is 7.94. The Hall–Kier alpha value is 0.0569. The van der Waals surface area contributed by atoms with Gasteiger partial charge in [0.25, 0.3) is 0 Å². The zero-order valence-corrected chi connectivity index (χ0v) is 14.1. The third-order valence-corrected chi connectivity index (χ3v) is 9.01. The van der Waals surface area contributed by atoms with Crippen molar-refractivity contribution in [3.8, 4) is 0 Å². The minimum absolute atomic E-state index is 0.0392. The van der Waals surface area contributed by atoms with E-state index in [1.165, 1.54) is 0 Å². The Morgan fingerprint density at radius 2 is 1.80 bits per heavy atom. The summed E-state index contributed by atoms with van der Waals surface area (Å²) < 4.78 is 18.4. The van der Waals surface area contributed by atoms with E-state index in [1.807, 2.05) is 0 Å². The standard InChI is InChI=1S/C15H28O4Si/c1-15(20(2,3)4)14(16)9-12-13(19-15)8-11-10(18-12)6-5-7-17-11/h10-14,16H,5-9H2,1-4H3/t10-,11+,12+,13-,14-,15?/m1/s1. The highest BCUT2D eigenvalue weighted by atomic mass is 28.3. The largest absolute Gasteiger partial charge is 0.390 e. The Bertz CT molecular complexity index is 369. The predicted molar refractivity (Wildman–Crippen MR) is 79.5 cm³/mol. The van der Waals surface area contributed by atoms with Crippen molar-refractivity contribution in [3.05, 3.63) is 0 Å². The molecule has 3 heterocycles. The van der Waals surface area contributed by atoms with Crippen LogP contribution in [0.1, 0.15) is 32.6 Å². The van der Waals surface area contributed by atoms with Gasteiger partial charge in [-0.25, -0.2) is 0 Å². The number of aliphatic hydroxyl groups excluding tert-OH is 1. The Kier molecular flexibility index (Phi) is 3.78. The van der Waals surface area contributed by atoms with Crippen molar-refractivity contribution in [2.75, 3.05) is 6.61 Å². The van der Waals surface area contributed by atoms with Crippen molar-refractivity contribution in [3.63, 3.8) is 0 Å². The van der Waals surface area contributed by atoms with Crippen LogP contribution in [-0.2, 0) is 14.2 Å². The van der Waals surface area contributed by atoms with Crippen LogP contribution in [0.15, 0.2) is 0 Å². The summed E-state index contributed by atoms with van der Waals surface area (Å²) in [5, 5.41) is 10.2. The maximum Gasteiger partial charge on any atom is 0.0868 e. The maximum absolute atomic E-state index is 10.6. The number of hydrogen-bond donors (Lipinski definition) is 1. The van der Waals surface area contributed by atoms with E-state index in [0.717, 1.165) is 25.9 Å². The van der Waals surface area contributed by atoms with Gasteiger partial charge in [-0.3, -0.25) is 0 Å². The topological polar surface area (TPSA) is 47.9 Å². The summed E-state index contributed by atoms with van der Waals surface area (Å²) in [6, 6.07) is 0. The van der Waals surface area contributed by atoms with Gasteiger partial charge >= 0.3 is 0 Å². The summed E-state index contributed by atoms with van der Waals surface area (Å²) in [5.41, 5.74) is 0. The average Bonchev–Trinajstić information content (AvgIpc) is 2.36. The second kappa shape index (κ2) is 5.06. The van der Waals surface area contributed by atoms with Gasteiger partial charge in [-0.15, -0.1) is 0 Å². The predicted octanol–water partition coefficient (Wildman–Crippen LogP) is 2.11. The zero-order valence-electron chi connectivity index (χ0n) is 13.1. The molecular weight excluding hydrogens is 272 g/mol. The van der Waals surface area contributed by atoms with Gasteiger partial charge in [0.1, 0.15) is 0 Å². The molecule has 116 valence electrons.